The zero-order valence-corrected chi connectivity index (χ0v) is 11.4. The largest absolute Gasteiger partial charge is 0.524 e. The topological polar surface area (TPSA) is 124 Å². The summed E-state index contributed by atoms with van der Waals surface area (Å²) in [7, 11) is 0. The second kappa shape index (κ2) is 4.84. The molecule has 0 amide bonds. The quantitative estimate of drug-likeness (QED) is 0.404. The Balaban J connectivity index is 2.04. The van der Waals surface area contributed by atoms with Gasteiger partial charge in [-0.3, -0.25) is 0 Å². The number of fused-ring (bicyclic) bond motifs is 2. The summed E-state index contributed by atoms with van der Waals surface area (Å²) in [6.07, 6.45) is -5.26. The fraction of sp³-hybridized carbons (Fsp3) is 0. The van der Waals surface area contributed by atoms with Gasteiger partial charge in [-0.05, 0) is 6.07 Å². The molecule has 120 valence electrons. The van der Waals surface area contributed by atoms with E-state index in [9.17, 15) is 19.2 Å². The molecule has 0 saturated heterocycles. The molecule has 2 aromatic carbocycles. The molecule has 2 heterocycles. The number of rotatable bonds is 0. The summed E-state index contributed by atoms with van der Waals surface area (Å²) in [5.74, 6) is -0.553. The van der Waals surface area contributed by atoms with Gasteiger partial charge in [-0.25, -0.2) is 19.2 Å². The highest BCUT2D eigenvalue weighted by Gasteiger charge is 2.31. The average molecular weight is 332 g/mol. The summed E-state index contributed by atoms with van der Waals surface area (Å²) >= 11 is 0. The average Bonchev–Trinajstić information content (AvgIpc) is 2.62. The van der Waals surface area contributed by atoms with E-state index in [4.69, 9.17) is 18.9 Å². The van der Waals surface area contributed by atoms with Gasteiger partial charge in [0.2, 0.25) is 0 Å². The Morgan fingerprint density at radius 3 is 1.88 bits per heavy atom. The van der Waals surface area contributed by atoms with Gasteiger partial charge in [0.05, 0.1) is 5.39 Å². The van der Waals surface area contributed by atoms with Crippen molar-refractivity contribution in [3.05, 3.63) is 24.3 Å². The van der Waals surface area contributed by atoms with E-state index in [0.717, 1.165) is 6.07 Å². The van der Waals surface area contributed by atoms with Crippen molar-refractivity contribution in [2.75, 3.05) is 0 Å². The molecule has 10 nitrogen and oxygen atoms in total. The summed E-state index contributed by atoms with van der Waals surface area (Å²) in [5, 5.41) is 0.307. The van der Waals surface area contributed by atoms with Gasteiger partial charge < -0.3 is 28.4 Å². The summed E-state index contributed by atoms with van der Waals surface area (Å²) in [5.41, 5.74) is 0. The van der Waals surface area contributed by atoms with Crippen LogP contribution in [0.3, 0.4) is 0 Å². The molecule has 0 bridgehead atoms. The maximum atomic E-state index is 11.5. The highest BCUT2D eigenvalue weighted by Crippen LogP contribution is 2.46. The number of carbonyl (C=O) groups excluding carboxylic acids is 4. The summed E-state index contributed by atoms with van der Waals surface area (Å²) in [4.78, 5) is 45.7. The minimum Gasteiger partial charge on any atom is -0.394 e. The van der Waals surface area contributed by atoms with Gasteiger partial charge >= 0.3 is 24.6 Å². The van der Waals surface area contributed by atoms with Crippen molar-refractivity contribution in [2.24, 2.45) is 0 Å². The number of hydrogen-bond donors (Lipinski definition) is 0. The van der Waals surface area contributed by atoms with Crippen molar-refractivity contribution < 1.29 is 47.6 Å². The fourth-order valence-electron chi connectivity index (χ4n) is 2.28. The van der Waals surface area contributed by atoms with Crippen molar-refractivity contribution in [2.45, 2.75) is 0 Å². The molecular formula is C14H4O10. The first-order chi connectivity index (χ1) is 11.5. The zero-order valence-electron chi connectivity index (χ0n) is 11.4. The van der Waals surface area contributed by atoms with Crippen LogP contribution in [0.2, 0.25) is 0 Å². The van der Waals surface area contributed by atoms with Crippen LogP contribution in [-0.2, 0) is 9.47 Å². The Morgan fingerprint density at radius 1 is 0.583 bits per heavy atom. The van der Waals surface area contributed by atoms with Crippen LogP contribution in [-0.4, -0.2) is 24.6 Å². The second-order valence-electron chi connectivity index (χ2n) is 4.49. The van der Waals surface area contributed by atoms with Crippen LogP contribution in [0.4, 0.5) is 19.2 Å². The van der Waals surface area contributed by atoms with Gasteiger partial charge in [-0.2, -0.15) is 0 Å². The summed E-state index contributed by atoms with van der Waals surface area (Å²) in [6.45, 7) is 0. The van der Waals surface area contributed by atoms with Crippen molar-refractivity contribution >= 4 is 35.4 Å². The lowest BCUT2D eigenvalue weighted by molar-refractivity contribution is 0.0877. The molecule has 2 aliphatic heterocycles. The first-order valence-corrected chi connectivity index (χ1v) is 6.34. The normalized spacial score (nSPS) is 16.2. The second-order valence-corrected chi connectivity index (χ2v) is 4.49. The zero-order chi connectivity index (χ0) is 16.8. The van der Waals surface area contributed by atoms with Crippen LogP contribution in [0.25, 0.3) is 10.8 Å². The highest BCUT2D eigenvalue weighted by atomic mass is 16.8. The van der Waals surface area contributed by atoms with Crippen LogP contribution in [0, 0.1) is 0 Å². The van der Waals surface area contributed by atoms with Crippen LogP contribution in [0.5, 0.6) is 23.0 Å². The number of ether oxygens (including phenoxy) is 6. The Kier molecular flexibility index (Phi) is 2.79. The smallest absolute Gasteiger partial charge is 0.394 e. The molecule has 0 N–H and O–H groups in total. The SMILES string of the molecule is O=C1OC(=O)Oc2c(cc3c4c(cccc24)OC(=O)OC(=O)O3)O1. The number of carbonyl (C=O) groups is 4. The monoisotopic (exact) mass is 332 g/mol. The standard InChI is InChI=1S/C14H4O10/c15-11-19-6-3-1-2-5-9(6)7(20-12(16)23-11)4-8-10(5)22-14(18)24-13(17)21-8/h1-4H. The van der Waals surface area contributed by atoms with Crippen LogP contribution in [0.1, 0.15) is 0 Å². The number of hydrogen-bond acceptors (Lipinski definition) is 10. The predicted octanol–water partition coefficient (Wildman–Crippen LogP) is 2.90. The first-order valence-electron chi connectivity index (χ1n) is 6.34. The molecule has 0 spiro atoms. The first kappa shape index (κ1) is 13.8. The van der Waals surface area contributed by atoms with Crippen molar-refractivity contribution in [3.63, 3.8) is 0 Å². The van der Waals surface area contributed by atoms with Crippen molar-refractivity contribution in [1.82, 2.24) is 0 Å². The van der Waals surface area contributed by atoms with Gasteiger partial charge in [-0.1, -0.05) is 12.1 Å². The third-order valence-electron chi connectivity index (χ3n) is 3.10. The van der Waals surface area contributed by atoms with E-state index >= 15 is 0 Å². The third kappa shape index (κ3) is 2.13. The van der Waals surface area contributed by atoms with Crippen LogP contribution >= 0.6 is 0 Å². The minimum atomic E-state index is -1.34. The van der Waals surface area contributed by atoms with Crippen LogP contribution in [0.15, 0.2) is 24.3 Å². The van der Waals surface area contributed by atoms with E-state index in [1.54, 1.807) is 0 Å². The number of benzene rings is 2. The lowest BCUT2D eigenvalue weighted by Gasteiger charge is -2.16. The van der Waals surface area contributed by atoms with E-state index in [-0.39, 0.29) is 33.8 Å². The fourth-order valence-corrected chi connectivity index (χ4v) is 2.28. The molecule has 0 saturated carbocycles. The molecule has 4 rings (SSSR count). The van der Waals surface area contributed by atoms with E-state index in [2.05, 4.69) is 9.47 Å². The molecule has 2 aromatic rings. The Hall–Kier alpha value is -3.82. The Bertz CT molecular complexity index is 944. The lowest BCUT2D eigenvalue weighted by Crippen LogP contribution is -2.21. The number of cyclic esters (lactones) is 4. The molecule has 0 aliphatic carbocycles. The summed E-state index contributed by atoms with van der Waals surface area (Å²) in [6, 6.07) is 5.44. The molecule has 0 unspecified atom stereocenters. The van der Waals surface area contributed by atoms with Crippen molar-refractivity contribution in [1.29, 1.82) is 0 Å². The van der Waals surface area contributed by atoms with E-state index in [0.29, 0.717) is 0 Å². The minimum absolute atomic E-state index is 0.0182. The van der Waals surface area contributed by atoms with Gasteiger partial charge in [0, 0.05) is 11.5 Å². The van der Waals surface area contributed by atoms with Gasteiger partial charge in [0.1, 0.15) is 11.5 Å². The molecule has 0 radical (unpaired) electrons. The summed E-state index contributed by atoms with van der Waals surface area (Å²) < 4.78 is 28.0. The van der Waals surface area contributed by atoms with E-state index < -0.39 is 24.6 Å². The third-order valence-corrected chi connectivity index (χ3v) is 3.10. The molecule has 2 aliphatic rings. The Labute approximate surface area is 131 Å². The maximum absolute atomic E-state index is 11.5. The molecule has 0 atom stereocenters. The predicted molar refractivity (Wildman–Crippen MR) is 70.2 cm³/mol. The van der Waals surface area contributed by atoms with Crippen LogP contribution < -0.4 is 18.9 Å². The Morgan fingerprint density at radius 2 is 1.17 bits per heavy atom. The van der Waals surface area contributed by atoms with Crippen molar-refractivity contribution in [3.8, 4) is 23.0 Å². The van der Waals surface area contributed by atoms with Gasteiger partial charge in [0.15, 0.2) is 11.5 Å². The molecule has 10 heteroatoms. The lowest BCUT2D eigenvalue weighted by atomic mass is 10.1. The molecule has 0 fully saturated rings. The van der Waals surface area contributed by atoms with E-state index in [1.165, 1.54) is 18.2 Å². The molecule has 0 aromatic heterocycles. The molecular weight excluding hydrogens is 328 g/mol. The highest BCUT2D eigenvalue weighted by molar-refractivity contribution is 6.04. The molecule has 24 heavy (non-hydrogen) atoms. The van der Waals surface area contributed by atoms with E-state index in [1.807, 2.05) is 0 Å². The van der Waals surface area contributed by atoms with Gasteiger partial charge in [0.25, 0.3) is 0 Å². The maximum Gasteiger partial charge on any atom is 0.524 e. The van der Waals surface area contributed by atoms with Gasteiger partial charge in [-0.15, -0.1) is 0 Å².